The highest BCUT2D eigenvalue weighted by Gasteiger charge is 2.27. The molecule has 0 N–H and O–H groups in total. The first-order valence-corrected chi connectivity index (χ1v) is 25.0. The molecule has 8 heterocycles. The Balaban J connectivity index is 0.874. The predicted molar refractivity (Wildman–Crippen MR) is 298 cm³/mol. The van der Waals surface area contributed by atoms with Crippen LogP contribution in [-0.4, -0.2) is 46.3 Å². The Kier molecular flexibility index (Phi) is 7.14. The SMILES string of the molecule is c1ccc(-c2cccc(-c3cc4c5c(c3)n3c6cc(-c7ccc8nc9n(c8c7)c7cc(-c8ccccc8-c8ccccc8)cc8c7n9c7nc9ccccc9n87)ccc6nc3n5c3nc5ccccc5n43)c2)cc1. The maximum absolute atomic E-state index is 5.40. The van der Waals surface area contributed by atoms with Gasteiger partial charge in [0.05, 0.1) is 66.2 Å². The van der Waals surface area contributed by atoms with Crippen LogP contribution in [0.25, 0.3) is 156 Å². The molecule has 18 aromatic rings. The molecule has 0 amide bonds. The lowest BCUT2D eigenvalue weighted by atomic mass is 9.94. The molecule has 0 spiro atoms. The number of imidazole rings is 8. The topological polar surface area (TPSA) is 78.0 Å². The first kappa shape index (κ1) is 38.4. The van der Waals surface area contributed by atoms with Gasteiger partial charge in [0, 0.05) is 0 Å². The highest BCUT2D eigenvalue weighted by atomic mass is 15.3. The summed E-state index contributed by atoms with van der Waals surface area (Å²) in [7, 11) is 0. The van der Waals surface area contributed by atoms with Gasteiger partial charge in [-0.25, -0.2) is 28.7 Å². The molecule has 0 saturated carbocycles. The zero-order valence-electron chi connectivity index (χ0n) is 39.3. The van der Waals surface area contributed by atoms with Crippen molar-refractivity contribution < 1.29 is 0 Å². The van der Waals surface area contributed by atoms with Crippen LogP contribution in [0.15, 0.2) is 218 Å². The second-order valence-corrected chi connectivity index (χ2v) is 19.6. The van der Waals surface area contributed by atoms with Gasteiger partial charge in [-0.15, -0.1) is 0 Å². The third-order valence-corrected chi connectivity index (χ3v) is 15.7. The number of aromatic nitrogens is 10. The number of fused-ring (bicyclic) bond motifs is 20. The number of benzene rings is 10. The van der Waals surface area contributed by atoms with Gasteiger partial charge < -0.3 is 0 Å². The van der Waals surface area contributed by atoms with Gasteiger partial charge in [0.15, 0.2) is 0 Å². The molecule has 0 unspecified atom stereocenters. The van der Waals surface area contributed by atoms with Crippen molar-refractivity contribution in [2.45, 2.75) is 0 Å². The van der Waals surface area contributed by atoms with Crippen LogP contribution < -0.4 is 0 Å². The molecule has 8 aromatic heterocycles. The lowest BCUT2D eigenvalue weighted by Crippen LogP contribution is -1.90. The lowest BCUT2D eigenvalue weighted by Gasteiger charge is -2.11. The van der Waals surface area contributed by atoms with Crippen LogP contribution in [-0.2, 0) is 0 Å². The highest BCUT2D eigenvalue weighted by molar-refractivity contribution is 6.09. The maximum atomic E-state index is 5.40. The van der Waals surface area contributed by atoms with Crippen LogP contribution in [0, 0.1) is 0 Å². The van der Waals surface area contributed by atoms with E-state index in [0.29, 0.717) is 0 Å². The number of para-hydroxylation sites is 4. The highest BCUT2D eigenvalue weighted by Crippen LogP contribution is 2.43. The largest absolute Gasteiger partial charge is 0.276 e. The van der Waals surface area contributed by atoms with E-state index in [1.54, 1.807) is 0 Å². The molecular weight excluding hydrogens is 909 g/mol. The summed E-state index contributed by atoms with van der Waals surface area (Å²) in [6, 6.07) is 78.3. The Bertz CT molecular complexity index is 5380. The van der Waals surface area contributed by atoms with Gasteiger partial charge in [-0.05, 0) is 134 Å². The summed E-state index contributed by atoms with van der Waals surface area (Å²) < 4.78 is 13.8. The quantitative estimate of drug-likeness (QED) is 0.172. The van der Waals surface area contributed by atoms with Gasteiger partial charge in [-0.1, -0.05) is 140 Å². The van der Waals surface area contributed by atoms with E-state index in [4.69, 9.17) is 19.9 Å². The minimum absolute atomic E-state index is 0.832. The van der Waals surface area contributed by atoms with Crippen molar-refractivity contribution >= 4 is 100 Å². The summed E-state index contributed by atoms with van der Waals surface area (Å²) in [5.41, 5.74) is 25.9. The standard InChI is InChI=1S/C64H36N10/c1-3-14-37(15-4-1)39-18-13-19-40(30-39)43-33-55-59-56(34-43)71-53-31-41(26-28-49(53)67-63(71)73(59)61-65-47-22-9-11-24-51(47)69(55)61)42-27-29-50-54(32-42)72-58-36-44(46-21-8-7-20-45(46)38-16-5-2-6-17-38)35-57-60(58)74(64(72)68-50)62-66-48-23-10-12-25-52(48)70(57)62/h1-36H. The van der Waals surface area contributed by atoms with Gasteiger partial charge in [0.1, 0.15) is 11.0 Å². The molecule has 342 valence electrons. The molecule has 0 radical (unpaired) electrons. The van der Waals surface area contributed by atoms with Crippen molar-refractivity contribution in [3.63, 3.8) is 0 Å². The third kappa shape index (κ3) is 4.93. The van der Waals surface area contributed by atoms with Gasteiger partial charge in [0.2, 0.25) is 23.1 Å². The Morgan fingerprint density at radius 2 is 0.554 bits per heavy atom. The minimum atomic E-state index is 0.832. The average molecular weight is 945 g/mol. The van der Waals surface area contributed by atoms with Gasteiger partial charge >= 0.3 is 0 Å². The third-order valence-electron chi connectivity index (χ3n) is 15.7. The summed E-state index contributed by atoms with van der Waals surface area (Å²) in [5, 5.41) is 0. The molecule has 0 saturated heterocycles. The zero-order chi connectivity index (χ0) is 47.9. The Morgan fingerprint density at radius 3 is 1.07 bits per heavy atom. The lowest BCUT2D eigenvalue weighted by molar-refractivity contribution is 1.15. The molecule has 0 fully saturated rings. The van der Waals surface area contributed by atoms with Crippen LogP contribution >= 0.6 is 0 Å². The zero-order valence-corrected chi connectivity index (χ0v) is 39.3. The summed E-state index contributed by atoms with van der Waals surface area (Å²) >= 11 is 0. The van der Waals surface area contributed by atoms with Crippen molar-refractivity contribution in [2.24, 2.45) is 0 Å². The predicted octanol–water partition coefficient (Wildman–Crippen LogP) is 14.9. The summed E-state index contributed by atoms with van der Waals surface area (Å²) in [5.74, 6) is 3.36. The smallest absolute Gasteiger partial charge is 0.223 e. The molecule has 18 rings (SSSR count). The molecule has 10 heteroatoms. The molecule has 0 atom stereocenters. The van der Waals surface area contributed by atoms with E-state index in [-0.39, 0.29) is 0 Å². The first-order chi connectivity index (χ1) is 36.7. The average Bonchev–Trinajstić information content (AvgIpc) is 4.37. The fourth-order valence-corrected chi connectivity index (χ4v) is 12.4. The van der Waals surface area contributed by atoms with E-state index in [9.17, 15) is 0 Å². The second-order valence-electron chi connectivity index (χ2n) is 19.6. The van der Waals surface area contributed by atoms with Crippen molar-refractivity contribution in [3.8, 4) is 55.6 Å². The molecule has 0 aliphatic rings. The van der Waals surface area contributed by atoms with Crippen molar-refractivity contribution in [3.05, 3.63) is 218 Å². The second kappa shape index (κ2) is 13.8. The van der Waals surface area contributed by atoms with E-state index >= 15 is 0 Å². The monoisotopic (exact) mass is 944 g/mol. The molecule has 0 bridgehead atoms. The maximum Gasteiger partial charge on any atom is 0.223 e. The molecule has 0 aliphatic carbocycles. The fourth-order valence-electron chi connectivity index (χ4n) is 12.4. The van der Waals surface area contributed by atoms with Gasteiger partial charge in [-0.2, -0.15) is 0 Å². The fraction of sp³-hybridized carbons (Fsp3) is 0. The van der Waals surface area contributed by atoms with Crippen LogP contribution in [0.2, 0.25) is 0 Å². The van der Waals surface area contributed by atoms with E-state index < -0.39 is 0 Å². The van der Waals surface area contributed by atoms with Gasteiger partial charge in [0.25, 0.3) is 0 Å². The van der Waals surface area contributed by atoms with E-state index in [1.807, 2.05) is 0 Å². The minimum Gasteiger partial charge on any atom is -0.276 e. The normalized spacial score (nSPS) is 12.6. The molecular formula is C64H36N10. The summed E-state index contributed by atoms with van der Waals surface area (Å²) in [4.78, 5) is 21.3. The van der Waals surface area contributed by atoms with Crippen molar-refractivity contribution in [1.82, 2.24) is 46.3 Å². The summed E-state index contributed by atoms with van der Waals surface area (Å²) in [6.07, 6.45) is 0. The first-order valence-electron chi connectivity index (χ1n) is 25.0. The summed E-state index contributed by atoms with van der Waals surface area (Å²) in [6.45, 7) is 0. The molecule has 10 aromatic carbocycles. The van der Waals surface area contributed by atoms with Crippen molar-refractivity contribution in [1.29, 1.82) is 0 Å². The van der Waals surface area contributed by atoms with E-state index in [0.717, 1.165) is 128 Å². The van der Waals surface area contributed by atoms with Crippen LogP contribution in [0.3, 0.4) is 0 Å². The van der Waals surface area contributed by atoms with Gasteiger partial charge in [-0.3, -0.25) is 17.6 Å². The van der Waals surface area contributed by atoms with Crippen LogP contribution in [0.1, 0.15) is 0 Å². The van der Waals surface area contributed by atoms with E-state index in [2.05, 4.69) is 245 Å². The number of rotatable bonds is 5. The number of hydrogen-bond donors (Lipinski definition) is 0. The van der Waals surface area contributed by atoms with Crippen LogP contribution in [0.5, 0.6) is 0 Å². The number of nitrogens with zero attached hydrogens (tertiary/aromatic N) is 10. The Hall–Kier alpha value is -10.3. The Labute approximate surface area is 418 Å². The van der Waals surface area contributed by atoms with E-state index in [1.165, 1.54) is 27.8 Å². The molecule has 74 heavy (non-hydrogen) atoms. The van der Waals surface area contributed by atoms with Crippen LogP contribution in [0.4, 0.5) is 0 Å². The Morgan fingerprint density at radius 1 is 0.203 bits per heavy atom. The van der Waals surface area contributed by atoms with Crippen molar-refractivity contribution in [2.75, 3.05) is 0 Å². The number of hydrogen-bond acceptors (Lipinski definition) is 4. The molecule has 10 nitrogen and oxygen atoms in total. The molecule has 0 aliphatic heterocycles.